The summed E-state index contributed by atoms with van der Waals surface area (Å²) >= 11 is 0. The Morgan fingerprint density at radius 3 is 2.56 bits per heavy atom. The van der Waals surface area contributed by atoms with E-state index in [-0.39, 0.29) is 24.0 Å². The number of nitrogens with zero attached hydrogens (tertiary/aromatic N) is 3. The van der Waals surface area contributed by atoms with Crippen LogP contribution in [-0.2, 0) is 0 Å². The number of aliphatic imine (C=N–C) groups is 1. The number of rotatable bonds is 5. The van der Waals surface area contributed by atoms with Gasteiger partial charge in [-0.3, -0.25) is 9.89 Å². The van der Waals surface area contributed by atoms with Crippen LogP contribution in [0.15, 0.2) is 29.3 Å². The first kappa shape index (κ1) is 22.3. The minimum atomic E-state index is 0. The van der Waals surface area contributed by atoms with E-state index < -0.39 is 0 Å². The van der Waals surface area contributed by atoms with Gasteiger partial charge in [-0.2, -0.15) is 0 Å². The van der Waals surface area contributed by atoms with Gasteiger partial charge in [-0.1, -0.05) is 19.1 Å². The summed E-state index contributed by atoms with van der Waals surface area (Å²) < 4.78 is 5.45. The van der Waals surface area contributed by atoms with Crippen LogP contribution in [0.1, 0.15) is 44.2 Å². The van der Waals surface area contributed by atoms with Crippen LogP contribution in [0.4, 0.5) is 0 Å². The highest BCUT2D eigenvalue weighted by atomic mass is 127. The average molecular weight is 486 g/mol. The molecule has 0 bridgehead atoms. The molecule has 1 unspecified atom stereocenters. The Balaban J connectivity index is 0.00000261. The minimum absolute atomic E-state index is 0. The van der Waals surface area contributed by atoms with Crippen LogP contribution in [0.3, 0.4) is 0 Å². The number of nitrogens with one attached hydrogen (secondary N) is 1. The molecule has 6 heteroatoms. The molecule has 0 spiro atoms. The van der Waals surface area contributed by atoms with Gasteiger partial charge >= 0.3 is 0 Å². The lowest BCUT2D eigenvalue weighted by molar-refractivity contribution is 0.237. The van der Waals surface area contributed by atoms with Crippen molar-refractivity contribution in [2.45, 2.75) is 38.6 Å². The third kappa shape index (κ3) is 5.98. The summed E-state index contributed by atoms with van der Waals surface area (Å²) in [5.74, 6) is 2.81. The van der Waals surface area contributed by atoms with Crippen molar-refractivity contribution in [3.8, 4) is 5.75 Å². The molecule has 1 aromatic carbocycles. The first-order valence-electron chi connectivity index (χ1n) is 10.0. The lowest BCUT2D eigenvalue weighted by Crippen LogP contribution is -2.47. The third-order valence-corrected chi connectivity index (χ3v) is 5.81. The Morgan fingerprint density at radius 1 is 1.22 bits per heavy atom. The van der Waals surface area contributed by atoms with Gasteiger partial charge in [-0.25, -0.2) is 0 Å². The van der Waals surface area contributed by atoms with Crippen molar-refractivity contribution in [1.29, 1.82) is 0 Å². The summed E-state index contributed by atoms with van der Waals surface area (Å²) in [5.41, 5.74) is 1.32. The maximum atomic E-state index is 5.45. The first-order chi connectivity index (χ1) is 12.7. The lowest BCUT2D eigenvalue weighted by atomic mass is 9.99. The summed E-state index contributed by atoms with van der Waals surface area (Å²) in [4.78, 5) is 9.55. The van der Waals surface area contributed by atoms with Crippen LogP contribution >= 0.6 is 24.0 Å². The number of piperidine rings is 1. The smallest absolute Gasteiger partial charge is 0.193 e. The Hall–Kier alpha value is -1.02. The number of benzene rings is 1. The predicted molar refractivity (Wildman–Crippen MR) is 123 cm³/mol. The maximum absolute atomic E-state index is 5.45. The number of ether oxygens (including phenoxy) is 1. The maximum Gasteiger partial charge on any atom is 0.193 e. The summed E-state index contributed by atoms with van der Waals surface area (Å²) in [6.07, 6.45) is 5.09. The Bertz CT molecular complexity index is 596. The van der Waals surface area contributed by atoms with Gasteiger partial charge in [0, 0.05) is 26.7 Å². The van der Waals surface area contributed by atoms with E-state index in [0.29, 0.717) is 6.04 Å². The number of halogens is 1. The summed E-state index contributed by atoms with van der Waals surface area (Å²) in [7, 11) is 3.64. The topological polar surface area (TPSA) is 40.1 Å². The second-order valence-electron chi connectivity index (χ2n) is 7.63. The fourth-order valence-electron chi connectivity index (χ4n) is 4.10. The molecular formula is C21H35IN4O. The molecule has 0 aliphatic carbocycles. The zero-order chi connectivity index (χ0) is 18.4. The van der Waals surface area contributed by atoms with Crippen LogP contribution in [0, 0.1) is 5.92 Å². The van der Waals surface area contributed by atoms with Gasteiger partial charge in [-0.15, -0.1) is 24.0 Å². The number of hydrogen-bond acceptors (Lipinski definition) is 3. The molecule has 152 valence electrons. The fourth-order valence-corrected chi connectivity index (χ4v) is 4.10. The van der Waals surface area contributed by atoms with E-state index in [1.54, 1.807) is 7.11 Å². The molecule has 27 heavy (non-hydrogen) atoms. The quantitative estimate of drug-likeness (QED) is 0.391. The van der Waals surface area contributed by atoms with Crippen molar-refractivity contribution >= 4 is 29.9 Å². The molecule has 2 heterocycles. The highest BCUT2D eigenvalue weighted by Gasteiger charge is 2.25. The summed E-state index contributed by atoms with van der Waals surface area (Å²) in [6, 6.07) is 8.87. The van der Waals surface area contributed by atoms with Crippen molar-refractivity contribution in [2.75, 3.05) is 46.9 Å². The second-order valence-corrected chi connectivity index (χ2v) is 7.63. The van der Waals surface area contributed by atoms with Crippen LogP contribution < -0.4 is 10.1 Å². The number of hydrogen-bond donors (Lipinski definition) is 1. The van der Waals surface area contributed by atoms with Gasteiger partial charge in [0.05, 0.1) is 13.2 Å². The van der Waals surface area contributed by atoms with E-state index in [1.807, 2.05) is 13.1 Å². The van der Waals surface area contributed by atoms with E-state index in [4.69, 9.17) is 4.74 Å². The van der Waals surface area contributed by atoms with Crippen LogP contribution in [0.25, 0.3) is 0 Å². The molecule has 0 radical (unpaired) electrons. The van der Waals surface area contributed by atoms with Crippen molar-refractivity contribution in [2.24, 2.45) is 10.9 Å². The molecule has 2 aliphatic heterocycles. The molecule has 1 aromatic rings. The van der Waals surface area contributed by atoms with Gasteiger partial charge in [-0.05, 0) is 62.4 Å². The minimum Gasteiger partial charge on any atom is -0.497 e. The fraction of sp³-hybridized carbons (Fsp3) is 0.667. The van der Waals surface area contributed by atoms with Gasteiger partial charge < -0.3 is 15.0 Å². The van der Waals surface area contributed by atoms with Gasteiger partial charge in [0.2, 0.25) is 0 Å². The van der Waals surface area contributed by atoms with E-state index >= 15 is 0 Å². The Kier molecular flexibility index (Phi) is 9.15. The van der Waals surface area contributed by atoms with E-state index in [0.717, 1.165) is 37.3 Å². The second kappa shape index (κ2) is 11.1. The standard InChI is InChI=1S/C21H34N4O.HI/c1-17-9-13-25(14-10-17)21(22-2)23-16-20(24-11-4-5-12-24)18-7-6-8-19(15-18)26-3;/h6-8,15,17,20H,4-5,9-14,16H2,1-3H3,(H,22,23);1H. The molecule has 3 rings (SSSR count). The molecule has 5 nitrogen and oxygen atoms in total. The summed E-state index contributed by atoms with van der Waals surface area (Å²) in [5, 5.41) is 3.66. The number of guanidine groups is 1. The molecule has 2 saturated heterocycles. The highest BCUT2D eigenvalue weighted by molar-refractivity contribution is 14.0. The van der Waals surface area contributed by atoms with E-state index in [1.165, 1.54) is 44.3 Å². The molecule has 2 aliphatic rings. The molecular weight excluding hydrogens is 451 g/mol. The van der Waals surface area contributed by atoms with Gasteiger partial charge in [0.25, 0.3) is 0 Å². The lowest BCUT2D eigenvalue weighted by Gasteiger charge is -2.35. The first-order valence-corrected chi connectivity index (χ1v) is 10.0. The molecule has 1 N–H and O–H groups in total. The zero-order valence-corrected chi connectivity index (χ0v) is 19.3. The number of likely N-dealkylation sites (tertiary alicyclic amines) is 2. The Labute approximate surface area is 181 Å². The normalized spacial score (nSPS) is 20.3. The third-order valence-electron chi connectivity index (χ3n) is 5.81. The zero-order valence-electron chi connectivity index (χ0n) is 17.0. The Morgan fingerprint density at radius 2 is 1.93 bits per heavy atom. The van der Waals surface area contributed by atoms with Crippen molar-refractivity contribution < 1.29 is 4.74 Å². The van der Waals surface area contributed by atoms with Gasteiger partial charge in [0.1, 0.15) is 5.75 Å². The predicted octanol–water partition coefficient (Wildman–Crippen LogP) is 3.76. The van der Waals surface area contributed by atoms with E-state index in [2.05, 4.69) is 45.2 Å². The summed E-state index contributed by atoms with van der Waals surface area (Å²) in [6.45, 7) is 7.78. The molecule has 0 saturated carbocycles. The van der Waals surface area contributed by atoms with Crippen molar-refractivity contribution in [1.82, 2.24) is 15.1 Å². The van der Waals surface area contributed by atoms with Crippen molar-refractivity contribution in [3.63, 3.8) is 0 Å². The highest BCUT2D eigenvalue weighted by Crippen LogP contribution is 2.27. The largest absolute Gasteiger partial charge is 0.497 e. The van der Waals surface area contributed by atoms with Gasteiger partial charge in [0.15, 0.2) is 5.96 Å². The molecule has 1 atom stereocenters. The average Bonchev–Trinajstić information content (AvgIpc) is 3.21. The number of methoxy groups -OCH3 is 1. The van der Waals surface area contributed by atoms with E-state index in [9.17, 15) is 0 Å². The van der Waals surface area contributed by atoms with Crippen LogP contribution in [0.2, 0.25) is 0 Å². The van der Waals surface area contributed by atoms with Crippen LogP contribution in [0.5, 0.6) is 5.75 Å². The molecule has 0 amide bonds. The van der Waals surface area contributed by atoms with Crippen molar-refractivity contribution in [3.05, 3.63) is 29.8 Å². The SMILES string of the molecule is CN=C(NCC(c1cccc(OC)c1)N1CCCC1)N1CCC(C)CC1.I. The molecule has 2 fully saturated rings. The van der Waals surface area contributed by atoms with Crippen LogP contribution in [-0.4, -0.2) is 62.6 Å². The monoisotopic (exact) mass is 486 g/mol. The molecule has 0 aromatic heterocycles.